The minimum absolute atomic E-state index is 0.0756. The minimum Gasteiger partial charge on any atom is -0.336 e. The van der Waals surface area contributed by atoms with Crippen LogP contribution in [0, 0.1) is 0 Å². The van der Waals surface area contributed by atoms with Crippen LogP contribution < -0.4 is 0 Å². The van der Waals surface area contributed by atoms with Crippen LogP contribution in [0.15, 0.2) is 36.7 Å². The number of nitrogens with zero attached hydrogens (tertiary/aromatic N) is 2. The second-order valence-corrected chi connectivity index (χ2v) is 4.08. The van der Waals surface area contributed by atoms with Crippen LogP contribution >= 0.6 is 0 Å². The molecule has 1 aliphatic rings. The molecule has 17 heavy (non-hydrogen) atoms. The molecule has 0 aromatic rings. The van der Waals surface area contributed by atoms with Gasteiger partial charge in [0.2, 0.25) is 5.91 Å². The maximum atomic E-state index is 12.9. The van der Waals surface area contributed by atoms with E-state index in [1.54, 1.807) is 4.90 Å². The summed E-state index contributed by atoms with van der Waals surface area (Å²) in [5, 5.41) is 0. The van der Waals surface area contributed by atoms with Crippen LogP contribution in [0.5, 0.6) is 0 Å². The summed E-state index contributed by atoms with van der Waals surface area (Å²) in [7, 11) is 0. The highest BCUT2D eigenvalue weighted by molar-refractivity contribution is 5.79. The van der Waals surface area contributed by atoms with Gasteiger partial charge < -0.3 is 4.90 Å². The van der Waals surface area contributed by atoms with Crippen LogP contribution in [-0.4, -0.2) is 48.4 Å². The van der Waals surface area contributed by atoms with Crippen LogP contribution in [0.25, 0.3) is 0 Å². The zero-order valence-corrected chi connectivity index (χ0v) is 10.3. The largest absolute Gasteiger partial charge is 0.336 e. The second-order valence-electron chi connectivity index (χ2n) is 4.08. The molecule has 0 aromatic carbocycles. The molecule has 0 bridgehead atoms. The van der Waals surface area contributed by atoms with E-state index < -0.39 is 5.83 Å². The van der Waals surface area contributed by atoms with Gasteiger partial charge in [-0.15, -0.1) is 0 Å². The number of carbonyl (C=O) groups excluding carboxylic acids is 1. The molecule has 1 heterocycles. The lowest BCUT2D eigenvalue weighted by molar-refractivity contribution is -0.135. The lowest BCUT2D eigenvalue weighted by Crippen LogP contribution is -2.50. The van der Waals surface area contributed by atoms with E-state index in [0.717, 1.165) is 19.2 Å². The van der Waals surface area contributed by atoms with Gasteiger partial charge in [-0.2, -0.15) is 0 Å². The molecule has 0 aliphatic carbocycles. The average molecular weight is 238 g/mol. The standard InChI is InChI=1S/C13H19FN2O/c1-4-12(14)8-11(3)9-16-7-6-15(5-2)10-13(16)17/h4,8H,1,3,5-7,9-10H2,2H3/b12-8+. The number of allylic oxidation sites excluding steroid dienone is 2. The molecule has 0 spiro atoms. The Balaban J connectivity index is 2.50. The molecule has 4 heteroatoms. The number of rotatable bonds is 5. The maximum Gasteiger partial charge on any atom is 0.237 e. The molecule has 0 saturated carbocycles. The molecule has 0 atom stereocenters. The van der Waals surface area contributed by atoms with E-state index in [-0.39, 0.29) is 5.91 Å². The molecular weight excluding hydrogens is 219 g/mol. The van der Waals surface area contributed by atoms with Crippen LogP contribution in [0.4, 0.5) is 4.39 Å². The summed E-state index contributed by atoms with van der Waals surface area (Å²) in [5.74, 6) is -0.346. The molecule has 0 radical (unpaired) electrons. The third-order valence-electron chi connectivity index (χ3n) is 2.78. The molecule has 94 valence electrons. The van der Waals surface area contributed by atoms with Crippen LogP contribution in [0.1, 0.15) is 6.92 Å². The van der Waals surface area contributed by atoms with Crippen LogP contribution in [0.2, 0.25) is 0 Å². The van der Waals surface area contributed by atoms with E-state index in [1.807, 2.05) is 6.92 Å². The van der Waals surface area contributed by atoms with Crippen molar-refractivity contribution in [3.05, 3.63) is 36.7 Å². The molecule has 0 aromatic heterocycles. The first-order valence-electron chi connectivity index (χ1n) is 5.74. The second kappa shape index (κ2) is 6.35. The Morgan fingerprint density at radius 1 is 1.53 bits per heavy atom. The monoisotopic (exact) mass is 238 g/mol. The van der Waals surface area contributed by atoms with Crippen molar-refractivity contribution in [1.82, 2.24) is 9.80 Å². The summed E-state index contributed by atoms with van der Waals surface area (Å²) in [6, 6.07) is 0. The quantitative estimate of drug-likeness (QED) is 0.681. The molecular formula is C13H19FN2O. The topological polar surface area (TPSA) is 23.6 Å². The van der Waals surface area contributed by atoms with E-state index >= 15 is 0 Å². The summed E-state index contributed by atoms with van der Waals surface area (Å²) in [4.78, 5) is 15.6. The summed E-state index contributed by atoms with van der Waals surface area (Å²) in [5.41, 5.74) is 0.584. The molecule has 0 N–H and O–H groups in total. The van der Waals surface area contributed by atoms with Crippen molar-refractivity contribution in [2.75, 3.05) is 32.7 Å². The predicted molar refractivity (Wildman–Crippen MR) is 67.2 cm³/mol. The van der Waals surface area contributed by atoms with Gasteiger partial charge >= 0.3 is 0 Å². The van der Waals surface area contributed by atoms with Crippen molar-refractivity contribution in [2.45, 2.75) is 6.92 Å². The Morgan fingerprint density at radius 3 is 2.76 bits per heavy atom. The Bertz CT molecular complexity index is 349. The third-order valence-corrected chi connectivity index (χ3v) is 2.78. The van der Waals surface area contributed by atoms with Crippen LogP contribution in [-0.2, 0) is 4.79 Å². The van der Waals surface area contributed by atoms with Crippen molar-refractivity contribution < 1.29 is 9.18 Å². The van der Waals surface area contributed by atoms with Crippen molar-refractivity contribution in [3.63, 3.8) is 0 Å². The van der Waals surface area contributed by atoms with Gasteiger partial charge in [-0.25, -0.2) is 4.39 Å². The van der Waals surface area contributed by atoms with Gasteiger partial charge in [-0.3, -0.25) is 9.69 Å². The highest BCUT2D eigenvalue weighted by Gasteiger charge is 2.22. The summed E-state index contributed by atoms with van der Waals surface area (Å²) < 4.78 is 12.9. The highest BCUT2D eigenvalue weighted by atomic mass is 19.1. The molecule has 1 aliphatic heterocycles. The minimum atomic E-state index is -0.422. The van der Waals surface area contributed by atoms with E-state index in [0.29, 0.717) is 25.2 Å². The third kappa shape index (κ3) is 4.15. The Hall–Kier alpha value is -1.42. The van der Waals surface area contributed by atoms with E-state index in [1.165, 1.54) is 6.08 Å². The summed E-state index contributed by atoms with van der Waals surface area (Å²) in [6.07, 6.45) is 2.44. The average Bonchev–Trinajstić information content (AvgIpc) is 2.31. The number of likely N-dealkylation sites (N-methyl/N-ethyl adjacent to an activating group) is 1. The van der Waals surface area contributed by atoms with Gasteiger partial charge in [0.15, 0.2) is 0 Å². The number of hydrogen-bond acceptors (Lipinski definition) is 2. The fourth-order valence-electron chi connectivity index (χ4n) is 1.74. The Morgan fingerprint density at radius 2 is 2.24 bits per heavy atom. The van der Waals surface area contributed by atoms with Crippen molar-refractivity contribution >= 4 is 5.91 Å². The summed E-state index contributed by atoms with van der Waals surface area (Å²) >= 11 is 0. The smallest absolute Gasteiger partial charge is 0.237 e. The van der Waals surface area contributed by atoms with E-state index in [4.69, 9.17) is 0 Å². The Kier molecular flexibility index (Phi) is 5.10. The van der Waals surface area contributed by atoms with Gasteiger partial charge in [0.25, 0.3) is 0 Å². The van der Waals surface area contributed by atoms with Crippen molar-refractivity contribution in [1.29, 1.82) is 0 Å². The van der Waals surface area contributed by atoms with Gasteiger partial charge in [0.1, 0.15) is 5.83 Å². The Labute approximate surface area is 102 Å². The zero-order chi connectivity index (χ0) is 12.8. The van der Waals surface area contributed by atoms with E-state index in [2.05, 4.69) is 18.1 Å². The number of carbonyl (C=O) groups is 1. The van der Waals surface area contributed by atoms with Crippen molar-refractivity contribution in [2.24, 2.45) is 0 Å². The summed E-state index contributed by atoms with van der Waals surface area (Å²) in [6.45, 7) is 12.3. The fraction of sp³-hybridized carbons (Fsp3) is 0.462. The molecule has 1 amide bonds. The lowest BCUT2D eigenvalue weighted by Gasteiger charge is -2.33. The van der Waals surface area contributed by atoms with Crippen molar-refractivity contribution in [3.8, 4) is 0 Å². The van der Waals surface area contributed by atoms with Gasteiger partial charge in [-0.05, 0) is 24.3 Å². The SMILES string of the molecule is C=C/C(F)=C\C(=C)CN1CCN(CC)CC1=O. The molecule has 1 fully saturated rings. The lowest BCUT2D eigenvalue weighted by atomic mass is 10.2. The predicted octanol–water partition coefficient (Wildman–Crippen LogP) is 1.75. The molecule has 0 unspecified atom stereocenters. The maximum absolute atomic E-state index is 12.9. The van der Waals surface area contributed by atoms with Gasteiger partial charge in [0.05, 0.1) is 6.54 Å². The van der Waals surface area contributed by atoms with E-state index in [9.17, 15) is 9.18 Å². The van der Waals surface area contributed by atoms with Gasteiger partial charge in [-0.1, -0.05) is 20.1 Å². The number of hydrogen-bond donors (Lipinski definition) is 0. The van der Waals surface area contributed by atoms with Gasteiger partial charge in [0, 0.05) is 19.6 Å². The molecule has 1 rings (SSSR count). The number of piperazine rings is 1. The highest BCUT2D eigenvalue weighted by Crippen LogP contribution is 2.09. The zero-order valence-electron chi connectivity index (χ0n) is 10.3. The first kappa shape index (κ1) is 13.6. The molecule has 3 nitrogen and oxygen atoms in total. The fourth-order valence-corrected chi connectivity index (χ4v) is 1.74. The number of halogens is 1. The number of amides is 1. The normalized spacial score (nSPS) is 18.4. The first-order chi connectivity index (χ1) is 8.06. The molecule has 1 saturated heterocycles. The van der Waals surface area contributed by atoms with Crippen LogP contribution in [0.3, 0.4) is 0 Å². The first-order valence-corrected chi connectivity index (χ1v) is 5.74.